The van der Waals surface area contributed by atoms with E-state index >= 15 is 0 Å². The first-order valence-corrected chi connectivity index (χ1v) is 10.1. The monoisotopic (exact) mass is 382 g/mol. The molecule has 134 valence electrons. The number of quaternary nitrogens is 1. The molecule has 1 aromatic carbocycles. The molecule has 0 aliphatic carbocycles. The van der Waals surface area contributed by atoms with Crippen LogP contribution in [-0.2, 0) is 10.0 Å². The van der Waals surface area contributed by atoms with E-state index in [1.807, 2.05) is 7.05 Å². The van der Waals surface area contributed by atoms with Crippen LogP contribution in [0.25, 0.3) is 0 Å². The van der Waals surface area contributed by atoms with Crippen LogP contribution in [0, 0.1) is 6.92 Å². The molecule has 2 N–H and O–H groups in total. The lowest BCUT2D eigenvalue weighted by Crippen LogP contribution is -3.12. The zero-order valence-electron chi connectivity index (χ0n) is 14.0. The van der Waals surface area contributed by atoms with E-state index in [0.717, 1.165) is 18.1 Å². The number of hydrogen-bond donors (Lipinski definition) is 2. The number of rotatable bonds is 4. The second-order valence-electron chi connectivity index (χ2n) is 5.97. The van der Waals surface area contributed by atoms with Gasteiger partial charge in [-0.2, -0.15) is 4.31 Å². The molecule has 8 nitrogen and oxygen atoms in total. The lowest BCUT2D eigenvalue weighted by molar-refractivity contribution is -0.883. The number of aromatic nitrogens is 2. The average molecular weight is 382 g/mol. The van der Waals surface area contributed by atoms with E-state index in [-0.39, 0.29) is 10.5 Å². The van der Waals surface area contributed by atoms with Crippen LogP contribution >= 0.6 is 11.3 Å². The van der Waals surface area contributed by atoms with Crippen LogP contribution in [0.2, 0.25) is 0 Å². The number of carbonyl (C=O) groups excluding carboxylic acids is 1. The first-order chi connectivity index (χ1) is 11.9. The van der Waals surface area contributed by atoms with Gasteiger partial charge >= 0.3 is 0 Å². The fraction of sp³-hybridized carbons (Fsp3) is 0.400. The summed E-state index contributed by atoms with van der Waals surface area (Å²) in [6, 6.07) is 6.08. The van der Waals surface area contributed by atoms with Crippen molar-refractivity contribution in [2.75, 3.05) is 38.5 Å². The number of carbonyl (C=O) groups is 1. The molecule has 0 unspecified atom stereocenters. The number of nitrogens with zero attached hydrogens (tertiary/aromatic N) is 3. The van der Waals surface area contributed by atoms with Crippen LogP contribution in [0.5, 0.6) is 0 Å². The van der Waals surface area contributed by atoms with Gasteiger partial charge in [0.1, 0.15) is 5.01 Å². The summed E-state index contributed by atoms with van der Waals surface area (Å²) in [5.74, 6) is -0.406. The van der Waals surface area contributed by atoms with Gasteiger partial charge in [0.2, 0.25) is 15.2 Å². The van der Waals surface area contributed by atoms with Gasteiger partial charge in [0.05, 0.1) is 38.1 Å². The number of hydrogen-bond acceptors (Lipinski definition) is 6. The van der Waals surface area contributed by atoms with E-state index in [1.54, 1.807) is 19.1 Å². The molecule has 1 fully saturated rings. The number of likely N-dealkylation sites (N-methyl/N-ethyl adjacent to an activating group) is 1. The highest BCUT2D eigenvalue weighted by Crippen LogP contribution is 2.19. The molecule has 0 saturated carbocycles. The van der Waals surface area contributed by atoms with Crippen molar-refractivity contribution in [3.63, 3.8) is 0 Å². The van der Waals surface area contributed by atoms with Crippen molar-refractivity contribution in [2.45, 2.75) is 11.8 Å². The molecule has 1 saturated heterocycles. The molecule has 1 amide bonds. The third-order valence-corrected chi connectivity index (χ3v) is 6.71. The van der Waals surface area contributed by atoms with Crippen LogP contribution in [-0.4, -0.2) is 62.1 Å². The van der Waals surface area contributed by atoms with Crippen molar-refractivity contribution in [2.24, 2.45) is 0 Å². The lowest BCUT2D eigenvalue weighted by atomic mass is 10.2. The topological polar surface area (TPSA) is 96.7 Å². The zero-order valence-corrected chi connectivity index (χ0v) is 15.7. The molecule has 25 heavy (non-hydrogen) atoms. The number of nitrogens with one attached hydrogen (secondary N) is 2. The minimum Gasteiger partial charge on any atom is -0.335 e. The molecule has 1 aliphatic rings. The summed E-state index contributed by atoms with van der Waals surface area (Å²) in [6.45, 7) is 4.30. The third-order valence-electron chi connectivity index (χ3n) is 4.06. The number of benzene rings is 1. The normalized spacial score (nSPS) is 16.7. The van der Waals surface area contributed by atoms with E-state index in [1.165, 1.54) is 32.7 Å². The van der Waals surface area contributed by atoms with Gasteiger partial charge in [-0.15, -0.1) is 10.2 Å². The van der Waals surface area contributed by atoms with Gasteiger partial charge in [0.15, 0.2) is 0 Å². The van der Waals surface area contributed by atoms with Crippen LogP contribution in [0.1, 0.15) is 15.4 Å². The molecule has 0 atom stereocenters. The van der Waals surface area contributed by atoms with Crippen molar-refractivity contribution in [1.29, 1.82) is 0 Å². The van der Waals surface area contributed by atoms with E-state index < -0.39 is 15.9 Å². The summed E-state index contributed by atoms with van der Waals surface area (Å²) < 4.78 is 27.1. The number of anilines is 1. The number of sulfonamides is 1. The smallest absolute Gasteiger partial charge is 0.257 e. The van der Waals surface area contributed by atoms with Crippen molar-refractivity contribution in [3.8, 4) is 0 Å². The second kappa shape index (κ2) is 7.16. The maximum absolute atomic E-state index is 12.8. The Morgan fingerprint density at radius 2 is 2.00 bits per heavy atom. The summed E-state index contributed by atoms with van der Waals surface area (Å²) >= 11 is 1.26. The fourth-order valence-electron chi connectivity index (χ4n) is 2.57. The highest BCUT2D eigenvalue weighted by molar-refractivity contribution is 7.89. The predicted molar refractivity (Wildman–Crippen MR) is 94.4 cm³/mol. The Labute approximate surface area is 150 Å². The molecule has 0 bridgehead atoms. The van der Waals surface area contributed by atoms with Crippen molar-refractivity contribution in [3.05, 3.63) is 34.8 Å². The number of amides is 1. The molecule has 3 rings (SSSR count). The first-order valence-electron chi connectivity index (χ1n) is 7.89. The van der Waals surface area contributed by atoms with Gasteiger partial charge in [0.25, 0.3) is 5.91 Å². The van der Waals surface area contributed by atoms with Crippen molar-refractivity contribution >= 4 is 32.4 Å². The molecule has 0 spiro atoms. The molecular weight excluding hydrogens is 362 g/mol. The standard InChI is InChI=1S/C15H19N5O3S2/c1-11-17-18-15(24-11)16-14(21)12-4-3-5-13(10-12)25(22,23)20-8-6-19(2)7-9-20/h3-5,10H,6-9H2,1-2H3,(H,16,18,21)/p+1. The van der Waals surface area contributed by atoms with Crippen LogP contribution in [0.15, 0.2) is 29.2 Å². The Hall–Kier alpha value is -1.88. The molecule has 2 heterocycles. The number of aryl methyl sites for hydroxylation is 1. The van der Waals surface area contributed by atoms with Gasteiger partial charge in [-0.05, 0) is 25.1 Å². The summed E-state index contributed by atoms with van der Waals surface area (Å²) in [5, 5.41) is 11.4. The van der Waals surface area contributed by atoms with Gasteiger partial charge < -0.3 is 4.90 Å². The summed E-state index contributed by atoms with van der Waals surface area (Å²) in [7, 11) is -1.55. The van der Waals surface area contributed by atoms with Crippen molar-refractivity contribution in [1.82, 2.24) is 14.5 Å². The summed E-state index contributed by atoms with van der Waals surface area (Å²) in [5.41, 5.74) is 0.272. The Balaban J connectivity index is 1.79. The Kier molecular flexibility index (Phi) is 5.13. The zero-order chi connectivity index (χ0) is 18.0. The van der Waals surface area contributed by atoms with E-state index in [9.17, 15) is 13.2 Å². The van der Waals surface area contributed by atoms with Gasteiger partial charge in [-0.1, -0.05) is 17.4 Å². The third kappa shape index (κ3) is 4.03. The largest absolute Gasteiger partial charge is 0.335 e. The molecule has 10 heteroatoms. The fourth-order valence-corrected chi connectivity index (χ4v) is 4.65. The minimum atomic E-state index is -3.60. The predicted octanol–water partition coefficient (Wildman–Crippen LogP) is -0.382. The number of piperazine rings is 1. The van der Waals surface area contributed by atoms with Crippen LogP contribution < -0.4 is 10.2 Å². The SMILES string of the molecule is Cc1nnc(NC(=O)c2cccc(S(=O)(=O)N3CC[NH+](C)CC3)c2)s1. The van der Waals surface area contributed by atoms with Gasteiger partial charge in [0, 0.05) is 5.56 Å². The Morgan fingerprint density at radius 1 is 1.28 bits per heavy atom. The second-order valence-corrected chi connectivity index (χ2v) is 9.09. The lowest BCUT2D eigenvalue weighted by Gasteiger charge is -2.29. The minimum absolute atomic E-state index is 0.133. The van der Waals surface area contributed by atoms with Crippen LogP contribution in [0.4, 0.5) is 5.13 Å². The average Bonchev–Trinajstić information content (AvgIpc) is 3.00. The van der Waals surface area contributed by atoms with Gasteiger partial charge in [-0.25, -0.2) is 8.42 Å². The van der Waals surface area contributed by atoms with Crippen LogP contribution in [0.3, 0.4) is 0 Å². The molecule has 0 radical (unpaired) electrons. The first kappa shape index (κ1) is 17.9. The van der Waals surface area contributed by atoms with E-state index in [2.05, 4.69) is 15.5 Å². The summed E-state index contributed by atoms with van der Waals surface area (Å²) in [6.07, 6.45) is 0. The molecule has 2 aromatic rings. The Bertz CT molecular complexity index is 873. The summed E-state index contributed by atoms with van der Waals surface area (Å²) in [4.78, 5) is 13.8. The van der Waals surface area contributed by atoms with E-state index in [4.69, 9.17) is 0 Å². The Morgan fingerprint density at radius 3 is 2.64 bits per heavy atom. The quantitative estimate of drug-likeness (QED) is 0.751. The highest BCUT2D eigenvalue weighted by Gasteiger charge is 2.29. The maximum atomic E-state index is 12.8. The molecule has 1 aromatic heterocycles. The highest BCUT2D eigenvalue weighted by atomic mass is 32.2. The molecular formula is C15H20N5O3S2+. The van der Waals surface area contributed by atoms with Gasteiger partial charge in [-0.3, -0.25) is 10.1 Å². The maximum Gasteiger partial charge on any atom is 0.257 e. The molecule has 1 aliphatic heterocycles. The van der Waals surface area contributed by atoms with Crippen molar-refractivity contribution < 1.29 is 18.1 Å². The van der Waals surface area contributed by atoms with E-state index in [0.29, 0.717) is 18.2 Å².